The number of hydrogen-bond donors (Lipinski definition) is 2. The van der Waals surface area contributed by atoms with Gasteiger partial charge in [-0.1, -0.05) is 36.7 Å². The normalized spacial score (nSPS) is 11.9. The van der Waals surface area contributed by atoms with Crippen LogP contribution in [0.3, 0.4) is 0 Å². The highest BCUT2D eigenvalue weighted by Crippen LogP contribution is 2.28. The van der Waals surface area contributed by atoms with Gasteiger partial charge >= 0.3 is 0 Å². The molecule has 0 aliphatic heterocycles. The zero-order valence-corrected chi connectivity index (χ0v) is 13.2. The molecule has 0 aromatic heterocycles. The molecule has 110 valence electrons. The van der Waals surface area contributed by atoms with Crippen LogP contribution in [-0.4, -0.2) is 11.2 Å². The van der Waals surface area contributed by atoms with E-state index in [-0.39, 0.29) is 11.2 Å². The van der Waals surface area contributed by atoms with Gasteiger partial charge in [-0.15, -0.1) is 11.8 Å². The van der Waals surface area contributed by atoms with Gasteiger partial charge in [0.05, 0.1) is 16.0 Å². The Morgan fingerprint density at radius 3 is 2.71 bits per heavy atom. The van der Waals surface area contributed by atoms with E-state index in [1.807, 2.05) is 43.3 Å². The molecule has 2 aromatic rings. The molecule has 0 aliphatic rings. The lowest BCUT2D eigenvalue weighted by Gasteiger charge is -2.15. The Kier molecular flexibility index (Phi) is 5.53. The number of hydrogen-bond acceptors (Lipinski definition) is 3. The third-order valence-corrected chi connectivity index (χ3v) is 4.62. The van der Waals surface area contributed by atoms with Crippen molar-refractivity contribution in [3.05, 3.63) is 53.6 Å². The monoisotopic (exact) mass is 320 g/mol. The fourth-order valence-electron chi connectivity index (χ4n) is 1.85. The molecule has 0 heterocycles. The maximum atomic E-state index is 12.4. The first-order valence-electron chi connectivity index (χ1n) is 6.67. The second-order valence-electron chi connectivity index (χ2n) is 4.56. The van der Waals surface area contributed by atoms with Crippen LogP contribution in [0.15, 0.2) is 53.4 Å². The number of benzene rings is 2. The first-order valence-corrected chi connectivity index (χ1v) is 7.93. The number of halogens is 1. The number of carbonyl (C=O) groups excluding carboxylic acids is 1. The molecule has 1 atom stereocenters. The zero-order valence-electron chi connectivity index (χ0n) is 11.7. The van der Waals surface area contributed by atoms with Crippen LogP contribution in [0.25, 0.3) is 0 Å². The maximum Gasteiger partial charge on any atom is 0.237 e. The average Bonchev–Trinajstić information content (AvgIpc) is 2.47. The van der Waals surface area contributed by atoms with Gasteiger partial charge in [0.2, 0.25) is 5.91 Å². The molecule has 0 fully saturated rings. The predicted molar refractivity (Wildman–Crippen MR) is 90.9 cm³/mol. The van der Waals surface area contributed by atoms with Gasteiger partial charge in [0.15, 0.2) is 0 Å². The molecule has 3 nitrogen and oxygen atoms in total. The van der Waals surface area contributed by atoms with Crippen LogP contribution in [0.1, 0.15) is 13.3 Å². The third kappa shape index (κ3) is 4.41. The molecule has 21 heavy (non-hydrogen) atoms. The number of nitrogens with one attached hydrogen (secondary N) is 1. The molecule has 1 unspecified atom stereocenters. The summed E-state index contributed by atoms with van der Waals surface area (Å²) >= 11 is 7.56. The summed E-state index contributed by atoms with van der Waals surface area (Å²) in [6, 6.07) is 14.7. The first-order chi connectivity index (χ1) is 10.1. The quantitative estimate of drug-likeness (QED) is 0.633. The smallest absolute Gasteiger partial charge is 0.237 e. The molecule has 5 heteroatoms. The molecule has 0 radical (unpaired) electrons. The van der Waals surface area contributed by atoms with Gasteiger partial charge in [0.1, 0.15) is 0 Å². The van der Waals surface area contributed by atoms with Gasteiger partial charge in [-0.25, -0.2) is 0 Å². The van der Waals surface area contributed by atoms with E-state index in [1.54, 1.807) is 12.1 Å². The molecule has 0 bridgehead atoms. The molecule has 3 N–H and O–H groups in total. The van der Waals surface area contributed by atoms with Gasteiger partial charge in [-0.3, -0.25) is 4.79 Å². The minimum atomic E-state index is -0.192. The van der Waals surface area contributed by atoms with Crippen LogP contribution in [0, 0.1) is 0 Å². The maximum absolute atomic E-state index is 12.4. The summed E-state index contributed by atoms with van der Waals surface area (Å²) in [4.78, 5) is 13.3. The van der Waals surface area contributed by atoms with Crippen molar-refractivity contribution in [3.8, 4) is 0 Å². The minimum absolute atomic E-state index is 0.0574. The molecule has 2 aromatic carbocycles. The molecule has 1 amide bonds. The van der Waals surface area contributed by atoms with E-state index < -0.39 is 0 Å². The van der Waals surface area contributed by atoms with Crippen LogP contribution < -0.4 is 11.1 Å². The Morgan fingerprint density at radius 2 is 2.05 bits per heavy atom. The second-order valence-corrected chi connectivity index (χ2v) is 6.24. The highest BCUT2D eigenvalue weighted by molar-refractivity contribution is 8.00. The van der Waals surface area contributed by atoms with E-state index >= 15 is 0 Å². The fraction of sp³-hybridized carbons (Fsp3) is 0.188. The highest BCUT2D eigenvalue weighted by Gasteiger charge is 2.18. The zero-order chi connectivity index (χ0) is 15.2. The Hall–Kier alpha value is -1.65. The number of amides is 1. The molecule has 0 aliphatic carbocycles. The van der Waals surface area contributed by atoms with E-state index in [9.17, 15) is 4.79 Å². The molecule has 2 rings (SSSR count). The number of rotatable bonds is 5. The number of thioether (sulfide) groups is 1. The number of carbonyl (C=O) groups is 1. The van der Waals surface area contributed by atoms with E-state index in [0.717, 1.165) is 11.3 Å². The second kappa shape index (κ2) is 7.38. The molecule has 0 saturated heterocycles. The number of para-hydroxylation sites is 1. The van der Waals surface area contributed by atoms with Crippen molar-refractivity contribution in [2.45, 2.75) is 23.5 Å². The Morgan fingerprint density at radius 1 is 1.29 bits per heavy atom. The summed E-state index contributed by atoms with van der Waals surface area (Å²) in [7, 11) is 0. The van der Waals surface area contributed by atoms with Crippen molar-refractivity contribution in [3.63, 3.8) is 0 Å². The summed E-state index contributed by atoms with van der Waals surface area (Å²) in [5.41, 5.74) is 7.09. The van der Waals surface area contributed by atoms with Crippen LogP contribution >= 0.6 is 23.4 Å². The predicted octanol–water partition coefficient (Wildman–Crippen LogP) is 4.43. The molecular weight excluding hydrogens is 304 g/mol. The average molecular weight is 321 g/mol. The number of nitrogen functional groups attached to an aromatic ring is 1. The SMILES string of the molecule is CCC(Sc1cccc(N)c1)C(=O)Nc1ccccc1Cl. The van der Waals surface area contributed by atoms with Crippen molar-refractivity contribution in [2.75, 3.05) is 11.1 Å². The van der Waals surface area contributed by atoms with Gasteiger partial charge in [-0.2, -0.15) is 0 Å². The Balaban J connectivity index is 2.07. The van der Waals surface area contributed by atoms with Crippen molar-refractivity contribution < 1.29 is 4.79 Å². The topological polar surface area (TPSA) is 55.1 Å². The van der Waals surface area contributed by atoms with Crippen molar-refractivity contribution in [1.82, 2.24) is 0 Å². The van der Waals surface area contributed by atoms with E-state index in [2.05, 4.69) is 5.32 Å². The Labute approximate surface area is 133 Å². The van der Waals surface area contributed by atoms with Crippen LogP contribution in [0.4, 0.5) is 11.4 Å². The van der Waals surface area contributed by atoms with Crippen LogP contribution in [0.5, 0.6) is 0 Å². The lowest BCUT2D eigenvalue weighted by molar-refractivity contribution is -0.115. The van der Waals surface area contributed by atoms with Gasteiger partial charge in [0.25, 0.3) is 0 Å². The standard InChI is InChI=1S/C16H17ClN2OS/c1-2-15(21-12-7-5-6-11(18)10-12)16(20)19-14-9-4-3-8-13(14)17/h3-10,15H,2,18H2,1H3,(H,19,20). The summed E-state index contributed by atoms with van der Waals surface area (Å²) in [6.07, 6.45) is 0.718. The fourth-order valence-corrected chi connectivity index (χ4v) is 3.06. The van der Waals surface area contributed by atoms with E-state index in [0.29, 0.717) is 16.4 Å². The lowest BCUT2D eigenvalue weighted by atomic mass is 10.2. The van der Waals surface area contributed by atoms with Gasteiger partial charge in [0, 0.05) is 10.6 Å². The molecular formula is C16H17ClN2OS. The summed E-state index contributed by atoms with van der Waals surface area (Å²) in [6.45, 7) is 1.98. The van der Waals surface area contributed by atoms with Crippen molar-refractivity contribution >= 4 is 40.6 Å². The van der Waals surface area contributed by atoms with Gasteiger partial charge in [-0.05, 0) is 36.8 Å². The summed E-state index contributed by atoms with van der Waals surface area (Å²) < 4.78 is 0. The lowest BCUT2D eigenvalue weighted by Crippen LogP contribution is -2.24. The van der Waals surface area contributed by atoms with E-state index in [1.165, 1.54) is 11.8 Å². The van der Waals surface area contributed by atoms with Crippen LogP contribution in [-0.2, 0) is 4.79 Å². The van der Waals surface area contributed by atoms with Crippen molar-refractivity contribution in [1.29, 1.82) is 0 Å². The third-order valence-electron chi connectivity index (χ3n) is 2.93. The van der Waals surface area contributed by atoms with Gasteiger partial charge < -0.3 is 11.1 Å². The molecule has 0 saturated carbocycles. The Bertz CT molecular complexity index is 633. The first kappa shape index (κ1) is 15.7. The number of anilines is 2. The number of nitrogens with two attached hydrogens (primary N) is 1. The van der Waals surface area contributed by atoms with Crippen LogP contribution in [0.2, 0.25) is 5.02 Å². The van der Waals surface area contributed by atoms with Crippen molar-refractivity contribution in [2.24, 2.45) is 0 Å². The highest BCUT2D eigenvalue weighted by atomic mass is 35.5. The summed E-state index contributed by atoms with van der Waals surface area (Å²) in [5.74, 6) is -0.0574. The molecule has 0 spiro atoms. The summed E-state index contributed by atoms with van der Waals surface area (Å²) in [5, 5.41) is 3.22. The van der Waals surface area contributed by atoms with E-state index in [4.69, 9.17) is 17.3 Å². The minimum Gasteiger partial charge on any atom is -0.399 e. The largest absolute Gasteiger partial charge is 0.399 e.